The van der Waals surface area contributed by atoms with Crippen molar-refractivity contribution in [1.82, 2.24) is 0 Å². The Kier molecular flexibility index (Phi) is 8.87. The maximum absolute atomic E-state index is 12.4. The lowest BCUT2D eigenvalue weighted by Gasteiger charge is -2.45. The Hall–Kier alpha value is -1.50. The summed E-state index contributed by atoms with van der Waals surface area (Å²) in [7, 11) is 0. The summed E-state index contributed by atoms with van der Waals surface area (Å²) in [5.74, 6) is -0.970. The van der Waals surface area contributed by atoms with Crippen molar-refractivity contribution in [3.05, 3.63) is 34.5 Å². The molecule has 0 aromatic carbocycles. The molecule has 0 amide bonds. The first kappa shape index (κ1) is 24.1. The van der Waals surface area contributed by atoms with Crippen molar-refractivity contribution in [1.29, 1.82) is 0 Å². The van der Waals surface area contributed by atoms with E-state index in [9.17, 15) is 19.8 Å². The van der Waals surface area contributed by atoms with E-state index < -0.39 is 18.2 Å². The third-order valence-corrected chi connectivity index (χ3v) is 8.15. The first-order valence-corrected chi connectivity index (χ1v) is 12.6. The largest absolute Gasteiger partial charge is 0.481 e. The van der Waals surface area contributed by atoms with Crippen LogP contribution >= 0.6 is 11.3 Å². The molecule has 1 unspecified atom stereocenters. The fourth-order valence-corrected chi connectivity index (χ4v) is 6.08. The lowest BCUT2D eigenvalue weighted by Crippen LogP contribution is -2.42. The third-order valence-electron chi connectivity index (χ3n) is 7.27. The van der Waals surface area contributed by atoms with E-state index in [1.807, 2.05) is 12.2 Å². The van der Waals surface area contributed by atoms with Crippen LogP contribution < -0.4 is 0 Å². The Labute approximate surface area is 189 Å². The van der Waals surface area contributed by atoms with Gasteiger partial charge >= 0.3 is 5.97 Å². The Morgan fingerprint density at radius 3 is 2.68 bits per heavy atom. The molecule has 172 valence electrons. The van der Waals surface area contributed by atoms with Crippen molar-refractivity contribution in [2.75, 3.05) is 0 Å². The quantitative estimate of drug-likeness (QED) is 0.299. The summed E-state index contributed by atoms with van der Waals surface area (Å²) in [4.78, 5) is 24.3. The molecule has 0 saturated heterocycles. The molecule has 5 nitrogen and oxygen atoms in total. The van der Waals surface area contributed by atoms with Gasteiger partial charge in [0.25, 0.3) is 0 Å². The first-order chi connectivity index (χ1) is 14.9. The molecule has 1 aromatic heterocycles. The van der Waals surface area contributed by atoms with E-state index in [0.717, 1.165) is 51.4 Å². The minimum atomic E-state index is -0.763. The van der Waals surface area contributed by atoms with E-state index in [-0.39, 0.29) is 35.9 Å². The summed E-state index contributed by atoms with van der Waals surface area (Å²) in [5, 5.41) is 32.1. The summed E-state index contributed by atoms with van der Waals surface area (Å²) in [6.07, 6.45) is 12.1. The molecule has 1 aromatic rings. The van der Waals surface area contributed by atoms with E-state index >= 15 is 0 Å². The number of hydrogen-bond acceptors (Lipinski definition) is 5. The van der Waals surface area contributed by atoms with Crippen LogP contribution in [0.2, 0.25) is 0 Å². The van der Waals surface area contributed by atoms with Gasteiger partial charge in [-0.25, -0.2) is 0 Å². The smallest absolute Gasteiger partial charge is 0.303 e. The van der Waals surface area contributed by atoms with Crippen molar-refractivity contribution in [3.8, 4) is 0 Å². The molecule has 4 atom stereocenters. The van der Waals surface area contributed by atoms with Gasteiger partial charge in [0.2, 0.25) is 0 Å². The minimum Gasteiger partial charge on any atom is -0.481 e. The summed E-state index contributed by atoms with van der Waals surface area (Å²) in [6, 6.07) is 4.20. The number of rotatable bonds is 13. The third kappa shape index (κ3) is 6.50. The predicted molar refractivity (Wildman–Crippen MR) is 122 cm³/mol. The normalized spacial score (nSPS) is 26.3. The zero-order chi connectivity index (χ0) is 22.3. The van der Waals surface area contributed by atoms with Gasteiger partial charge < -0.3 is 15.3 Å². The second kappa shape index (κ2) is 11.4. The van der Waals surface area contributed by atoms with Crippen LogP contribution in [-0.2, 0) is 16.0 Å². The molecule has 31 heavy (non-hydrogen) atoms. The van der Waals surface area contributed by atoms with Crippen LogP contribution in [0.4, 0.5) is 0 Å². The summed E-state index contributed by atoms with van der Waals surface area (Å²) in [5.41, 5.74) is -0.0331. The molecular formula is C25H36O5S. The molecule has 6 heteroatoms. The van der Waals surface area contributed by atoms with Gasteiger partial charge in [-0.1, -0.05) is 43.9 Å². The Bertz CT molecular complexity index is 737. The van der Waals surface area contributed by atoms with E-state index in [2.05, 4.69) is 17.5 Å². The highest BCUT2D eigenvalue weighted by Crippen LogP contribution is 2.48. The number of aliphatic hydroxyl groups excluding tert-OH is 2. The molecule has 0 spiro atoms. The SMILES string of the molecule is O=C(O)CCCCCC[C@H]1C(=O)C[C@@H](O)[C@@H]1C=CCC(O)C1(Cc2cccs2)CCC1. The highest BCUT2D eigenvalue weighted by Gasteiger charge is 2.43. The lowest BCUT2D eigenvalue weighted by molar-refractivity contribution is -0.137. The fourth-order valence-electron chi connectivity index (χ4n) is 5.22. The van der Waals surface area contributed by atoms with Crippen LogP contribution in [0.1, 0.15) is 75.5 Å². The van der Waals surface area contributed by atoms with Crippen LogP contribution in [-0.4, -0.2) is 39.3 Å². The highest BCUT2D eigenvalue weighted by atomic mass is 32.1. The number of thiophene rings is 1. The summed E-state index contributed by atoms with van der Waals surface area (Å²) >= 11 is 1.75. The number of aliphatic hydroxyl groups is 2. The molecular weight excluding hydrogens is 412 g/mol. The van der Waals surface area contributed by atoms with E-state index in [1.165, 1.54) is 4.88 Å². The second-order valence-electron chi connectivity index (χ2n) is 9.42. The average molecular weight is 449 g/mol. The molecule has 2 fully saturated rings. The molecule has 3 N–H and O–H groups in total. The number of carboxylic acids is 1. The maximum Gasteiger partial charge on any atom is 0.303 e. The second-order valence-corrected chi connectivity index (χ2v) is 10.5. The number of carbonyl (C=O) groups excluding carboxylic acids is 1. The van der Waals surface area contributed by atoms with Gasteiger partial charge in [0.05, 0.1) is 12.2 Å². The Morgan fingerprint density at radius 2 is 2.03 bits per heavy atom. The standard InChI is InChI=1S/C25H36O5S/c26-21-16-22(27)20(19(21)9-3-1-2-4-12-24(29)30)10-5-11-23(28)25(13-7-14-25)17-18-8-6-15-31-18/h5-6,8,10,15,19-20,22-23,27-28H,1-4,7,9,11-14,16-17H2,(H,29,30)/t19-,20-,22-,23?/m1/s1. The van der Waals surface area contributed by atoms with E-state index in [4.69, 9.17) is 5.11 Å². The number of Topliss-reactive ketones (excluding diaryl/α,β-unsaturated/α-hetero) is 1. The van der Waals surface area contributed by atoms with Gasteiger partial charge in [0.15, 0.2) is 0 Å². The fraction of sp³-hybridized carbons (Fsp3) is 0.680. The average Bonchev–Trinajstić information content (AvgIpc) is 3.29. The number of aliphatic carboxylic acids is 1. The van der Waals surface area contributed by atoms with Crippen molar-refractivity contribution < 1.29 is 24.9 Å². The maximum atomic E-state index is 12.4. The van der Waals surface area contributed by atoms with Crippen LogP contribution in [0, 0.1) is 17.3 Å². The highest BCUT2D eigenvalue weighted by molar-refractivity contribution is 7.09. The minimum absolute atomic E-state index is 0.0331. The van der Waals surface area contributed by atoms with Gasteiger partial charge in [-0.15, -0.1) is 11.3 Å². The number of unbranched alkanes of at least 4 members (excludes halogenated alkanes) is 3. The van der Waals surface area contributed by atoms with Gasteiger partial charge in [0.1, 0.15) is 5.78 Å². The Morgan fingerprint density at radius 1 is 1.26 bits per heavy atom. The monoisotopic (exact) mass is 448 g/mol. The molecule has 2 aliphatic rings. The summed E-state index contributed by atoms with van der Waals surface area (Å²) in [6.45, 7) is 0. The number of ketones is 1. The number of carboxylic acid groups (broad SMARTS) is 1. The first-order valence-electron chi connectivity index (χ1n) is 11.7. The Balaban J connectivity index is 1.48. The van der Waals surface area contributed by atoms with Crippen LogP contribution in [0.5, 0.6) is 0 Å². The number of carbonyl (C=O) groups is 2. The molecule has 0 radical (unpaired) electrons. The zero-order valence-corrected chi connectivity index (χ0v) is 19.1. The van der Waals surface area contributed by atoms with E-state index in [0.29, 0.717) is 12.8 Å². The molecule has 0 aliphatic heterocycles. The topological polar surface area (TPSA) is 94.8 Å². The van der Waals surface area contributed by atoms with Gasteiger partial charge in [0, 0.05) is 35.0 Å². The van der Waals surface area contributed by atoms with Crippen molar-refractivity contribution in [2.24, 2.45) is 17.3 Å². The van der Waals surface area contributed by atoms with Crippen LogP contribution in [0.15, 0.2) is 29.7 Å². The predicted octanol–water partition coefficient (Wildman–Crippen LogP) is 4.76. The van der Waals surface area contributed by atoms with Crippen molar-refractivity contribution >= 4 is 23.1 Å². The summed E-state index contributed by atoms with van der Waals surface area (Å²) < 4.78 is 0. The molecule has 2 aliphatic carbocycles. The van der Waals surface area contributed by atoms with Crippen molar-refractivity contribution in [2.45, 2.75) is 89.3 Å². The molecule has 2 saturated carbocycles. The number of hydrogen-bond donors (Lipinski definition) is 3. The van der Waals surface area contributed by atoms with Crippen molar-refractivity contribution in [3.63, 3.8) is 0 Å². The molecule has 3 rings (SSSR count). The van der Waals surface area contributed by atoms with Gasteiger partial charge in [-0.3, -0.25) is 9.59 Å². The van der Waals surface area contributed by atoms with E-state index in [1.54, 1.807) is 11.3 Å². The van der Waals surface area contributed by atoms with Crippen LogP contribution in [0.3, 0.4) is 0 Å². The van der Waals surface area contributed by atoms with Crippen LogP contribution in [0.25, 0.3) is 0 Å². The lowest BCUT2D eigenvalue weighted by atomic mass is 9.62. The molecule has 0 bridgehead atoms. The zero-order valence-electron chi connectivity index (χ0n) is 18.2. The molecule has 1 heterocycles. The van der Waals surface area contributed by atoms with Gasteiger partial charge in [-0.2, -0.15) is 0 Å². The van der Waals surface area contributed by atoms with Gasteiger partial charge in [-0.05, 0) is 50.0 Å².